The first-order valence-corrected chi connectivity index (χ1v) is 8.46. The Morgan fingerprint density at radius 3 is 2.84 bits per heavy atom. The number of hydrogen-bond donors (Lipinski definition) is 2. The lowest BCUT2D eigenvalue weighted by Crippen LogP contribution is -2.52. The van der Waals surface area contributed by atoms with Crippen molar-refractivity contribution in [2.75, 3.05) is 37.6 Å². The molecular weight excluding hydrogens is 322 g/mol. The molecule has 4 rings (SSSR count). The third-order valence-electron chi connectivity index (χ3n) is 4.91. The van der Waals surface area contributed by atoms with E-state index in [1.165, 1.54) is 4.68 Å². The average molecular weight is 343 g/mol. The van der Waals surface area contributed by atoms with E-state index in [9.17, 15) is 9.59 Å². The topological polar surface area (TPSA) is 99.2 Å². The molecule has 9 heteroatoms. The number of aryl methyl sites for hydroxylation is 1. The summed E-state index contributed by atoms with van der Waals surface area (Å²) in [6, 6.07) is 1.22. The second-order valence-corrected chi connectivity index (χ2v) is 6.39. The van der Waals surface area contributed by atoms with Crippen LogP contribution in [-0.4, -0.2) is 63.3 Å². The Kier molecular flexibility index (Phi) is 4.00. The fourth-order valence-corrected chi connectivity index (χ4v) is 3.42. The monoisotopic (exact) mass is 343 g/mol. The van der Waals surface area contributed by atoms with Crippen molar-refractivity contribution in [3.05, 3.63) is 40.3 Å². The number of fused-ring (bicyclic) bond motifs is 1. The summed E-state index contributed by atoms with van der Waals surface area (Å²) in [6.45, 7) is 3.37. The highest BCUT2D eigenvalue weighted by Crippen LogP contribution is 2.22. The van der Waals surface area contributed by atoms with Crippen LogP contribution in [0.3, 0.4) is 0 Å². The van der Waals surface area contributed by atoms with E-state index in [1.807, 2.05) is 4.90 Å². The molecule has 1 atom stereocenters. The zero-order valence-electron chi connectivity index (χ0n) is 14.1. The maximum Gasteiger partial charge on any atom is 0.268 e. The number of carbonyl (C=O) groups excluding carboxylic acids is 1. The van der Waals surface area contributed by atoms with E-state index >= 15 is 0 Å². The molecule has 2 N–H and O–H groups in total. The summed E-state index contributed by atoms with van der Waals surface area (Å²) in [5, 5.41) is 7.33. The Labute approximate surface area is 144 Å². The third-order valence-corrected chi connectivity index (χ3v) is 4.91. The number of amides is 1. The van der Waals surface area contributed by atoms with Crippen LogP contribution in [0, 0.1) is 0 Å². The Bertz CT molecular complexity index is 835. The van der Waals surface area contributed by atoms with Crippen molar-refractivity contribution in [3.63, 3.8) is 0 Å². The normalized spacial score (nSPS) is 20.4. The van der Waals surface area contributed by atoms with Gasteiger partial charge in [0.2, 0.25) is 5.91 Å². The molecule has 0 bridgehead atoms. The predicted molar refractivity (Wildman–Crippen MR) is 91.3 cm³/mol. The lowest BCUT2D eigenvalue weighted by molar-refractivity contribution is -0.134. The first-order valence-electron chi connectivity index (χ1n) is 8.46. The summed E-state index contributed by atoms with van der Waals surface area (Å²) in [4.78, 5) is 36.0. The molecule has 1 amide bonds. The van der Waals surface area contributed by atoms with Crippen LogP contribution in [0.1, 0.15) is 17.4 Å². The van der Waals surface area contributed by atoms with E-state index in [1.54, 1.807) is 25.6 Å². The number of carbonyl (C=O) groups is 1. The highest BCUT2D eigenvalue weighted by atomic mass is 16.2. The van der Waals surface area contributed by atoms with Gasteiger partial charge in [-0.25, -0.2) is 9.67 Å². The molecule has 2 aliphatic heterocycles. The molecule has 25 heavy (non-hydrogen) atoms. The molecule has 1 fully saturated rings. The van der Waals surface area contributed by atoms with Crippen LogP contribution in [0.2, 0.25) is 0 Å². The molecule has 0 aliphatic carbocycles. The first-order chi connectivity index (χ1) is 12.1. The minimum atomic E-state index is -0.368. The summed E-state index contributed by atoms with van der Waals surface area (Å²) in [6.07, 6.45) is 4.21. The molecule has 0 saturated carbocycles. The van der Waals surface area contributed by atoms with Crippen molar-refractivity contribution in [2.24, 2.45) is 7.05 Å². The molecule has 0 spiro atoms. The van der Waals surface area contributed by atoms with E-state index in [0.717, 1.165) is 30.0 Å². The van der Waals surface area contributed by atoms with Crippen LogP contribution < -0.4 is 15.8 Å². The Morgan fingerprint density at radius 2 is 2.08 bits per heavy atom. The van der Waals surface area contributed by atoms with Gasteiger partial charge in [-0.1, -0.05) is 0 Å². The summed E-state index contributed by atoms with van der Waals surface area (Å²) >= 11 is 0. The van der Waals surface area contributed by atoms with Crippen molar-refractivity contribution in [1.82, 2.24) is 30.0 Å². The maximum atomic E-state index is 12.9. The van der Waals surface area contributed by atoms with E-state index in [0.29, 0.717) is 26.2 Å². The van der Waals surface area contributed by atoms with E-state index in [-0.39, 0.29) is 17.5 Å². The number of aromatic nitrogens is 4. The number of piperazine rings is 1. The number of H-pyrrole nitrogens is 1. The van der Waals surface area contributed by atoms with Gasteiger partial charge >= 0.3 is 0 Å². The number of nitrogens with one attached hydrogen (secondary N) is 2. The van der Waals surface area contributed by atoms with Gasteiger partial charge in [-0.05, 0) is 0 Å². The third kappa shape index (κ3) is 2.91. The number of aromatic amines is 1. The van der Waals surface area contributed by atoms with Crippen LogP contribution in [0.25, 0.3) is 0 Å². The van der Waals surface area contributed by atoms with Crippen LogP contribution in [-0.2, 0) is 18.3 Å². The second-order valence-electron chi connectivity index (χ2n) is 6.39. The number of rotatable bonds is 2. The zero-order chi connectivity index (χ0) is 17.4. The Balaban J connectivity index is 1.43. The average Bonchev–Trinajstić information content (AvgIpc) is 3.12. The lowest BCUT2D eigenvalue weighted by atomic mass is 10.0. The maximum absolute atomic E-state index is 12.9. The minimum Gasteiger partial charge on any atom is -0.367 e. The molecule has 2 aromatic rings. The standard InChI is InChI=1S/C16H21N7O2/c1-21-13(24)8-11(9-20-21)22-4-6-23(7-5-22)16(25)15-14-12(2-3-17-15)18-10-19-14/h8-10,15,17H,2-7H2,1H3,(H,18,19). The number of anilines is 1. The van der Waals surface area contributed by atoms with Gasteiger partial charge in [0.1, 0.15) is 6.04 Å². The van der Waals surface area contributed by atoms with Crippen LogP contribution in [0.4, 0.5) is 5.69 Å². The van der Waals surface area contributed by atoms with Gasteiger partial charge in [-0.2, -0.15) is 5.10 Å². The van der Waals surface area contributed by atoms with Gasteiger partial charge < -0.3 is 20.1 Å². The van der Waals surface area contributed by atoms with Gasteiger partial charge in [0.05, 0.1) is 23.9 Å². The molecule has 9 nitrogen and oxygen atoms in total. The predicted octanol–water partition coefficient (Wildman–Crippen LogP) is -0.961. The summed E-state index contributed by atoms with van der Waals surface area (Å²) in [7, 11) is 1.63. The second kappa shape index (κ2) is 6.32. The molecule has 4 heterocycles. The summed E-state index contributed by atoms with van der Waals surface area (Å²) < 4.78 is 1.31. The van der Waals surface area contributed by atoms with Crippen molar-refractivity contribution in [1.29, 1.82) is 0 Å². The smallest absolute Gasteiger partial charge is 0.268 e. The van der Waals surface area contributed by atoms with Crippen molar-refractivity contribution in [2.45, 2.75) is 12.5 Å². The quantitative estimate of drug-likeness (QED) is 0.729. The molecule has 2 aliphatic rings. The SMILES string of the molecule is Cn1ncc(N2CCN(C(=O)C3NCCc4[nH]cnc43)CC2)cc1=O. The molecule has 1 saturated heterocycles. The Morgan fingerprint density at radius 1 is 1.28 bits per heavy atom. The fraction of sp³-hybridized carbons (Fsp3) is 0.500. The highest BCUT2D eigenvalue weighted by molar-refractivity contribution is 5.83. The van der Waals surface area contributed by atoms with Gasteiger partial charge in [0.15, 0.2) is 0 Å². The van der Waals surface area contributed by atoms with Crippen molar-refractivity contribution in [3.8, 4) is 0 Å². The number of nitrogens with zero attached hydrogens (tertiary/aromatic N) is 5. The first kappa shape index (κ1) is 15.8. The minimum absolute atomic E-state index is 0.0646. The van der Waals surface area contributed by atoms with Gasteiger partial charge in [-0.15, -0.1) is 0 Å². The molecular formula is C16H21N7O2. The molecule has 1 unspecified atom stereocenters. The van der Waals surface area contributed by atoms with Gasteiger partial charge in [-0.3, -0.25) is 9.59 Å². The van der Waals surface area contributed by atoms with Crippen molar-refractivity contribution >= 4 is 11.6 Å². The van der Waals surface area contributed by atoms with Crippen LogP contribution in [0.15, 0.2) is 23.4 Å². The summed E-state index contributed by atoms with van der Waals surface area (Å²) in [5.74, 6) is 0.0646. The lowest BCUT2D eigenvalue weighted by Gasteiger charge is -2.37. The van der Waals surface area contributed by atoms with Crippen LogP contribution in [0.5, 0.6) is 0 Å². The molecule has 0 aromatic carbocycles. The van der Waals surface area contributed by atoms with E-state index in [4.69, 9.17) is 0 Å². The zero-order valence-corrected chi connectivity index (χ0v) is 14.1. The van der Waals surface area contributed by atoms with Gasteiger partial charge in [0.25, 0.3) is 5.56 Å². The number of hydrogen-bond acceptors (Lipinski definition) is 6. The van der Waals surface area contributed by atoms with Gasteiger partial charge in [0, 0.05) is 58.0 Å². The van der Waals surface area contributed by atoms with E-state index in [2.05, 4.69) is 25.3 Å². The van der Waals surface area contributed by atoms with Crippen molar-refractivity contribution < 1.29 is 4.79 Å². The Hall–Kier alpha value is -2.68. The molecule has 2 aromatic heterocycles. The fourth-order valence-electron chi connectivity index (χ4n) is 3.42. The number of imidazole rings is 1. The summed E-state index contributed by atoms with van der Waals surface area (Å²) in [5.41, 5.74) is 2.53. The molecule has 0 radical (unpaired) electrons. The molecule has 132 valence electrons. The highest BCUT2D eigenvalue weighted by Gasteiger charge is 2.33. The largest absolute Gasteiger partial charge is 0.367 e. The van der Waals surface area contributed by atoms with Crippen LogP contribution >= 0.6 is 0 Å². The van der Waals surface area contributed by atoms with E-state index < -0.39 is 0 Å².